The SMILES string of the molecule is C=NCC1OC(=O)OC1C(C)C. The quantitative estimate of drug-likeness (QED) is 0.474. The molecule has 0 spiro atoms. The van der Waals surface area contributed by atoms with E-state index < -0.39 is 6.16 Å². The lowest BCUT2D eigenvalue weighted by Gasteiger charge is -2.16. The molecule has 68 valence electrons. The standard InChI is InChI=1S/C8H13NO3/c1-5(2)7-6(4-9-3)11-8(10)12-7/h5-7H,3-4H2,1-2H3. The fraction of sp³-hybridized carbons (Fsp3) is 0.750. The molecule has 0 amide bonds. The Labute approximate surface area is 71.6 Å². The largest absolute Gasteiger partial charge is 0.509 e. The molecule has 1 rings (SSSR count). The Balaban J connectivity index is 2.58. The molecule has 4 heteroatoms. The lowest BCUT2D eigenvalue weighted by atomic mass is 10.0. The van der Waals surface area contributed by atoms with Crippen LogP contribution in [0.25, 0.3) is 0 Å². The molecule has 1 saturated heterocycles. The molecule has 0 saturated carbocycles. The van der Waals surface area contributed by atoms with E-state index in [1.807, 2.05) is 13.8 Å². The zero-order chi connectivity index (χ0) is 9.14. The van der Waals surface area contributed by atoms with Crippen LogP contribution >= 0.6 is 0 Å². The predicted molar refractivity (Wildman–Crippen MR) is 44.4 cm³/mol. The fourth-order valence-electron chi connectivity index (χ4n) is 1.24. The predicted octanol–water partition coefficient (Wildman–Crippen LogP) is 1.25. The second-order valence-electron chi connectivity index (χ2n) is 3.14. The van der Waals surface area contributed by atoms with E-state index in [2.05, 4.69) is 11.7 Å². The van der Waals surface area contributed by atoms with Gasteiger partial charge in [-0.2, -0.15) is 0 Å². The third kappa shape index (κ3) is 1.75. The van der Waals surface area contributed by atoms with Crippen LogP contribution in [0.1, 0.15) is 13.8 Å². The van der Waals surface area contributed by atoms with Gasteiger partial charge in [-0.15, -0.1) is 0 Å². The van der Waals surface area contributed by atoms with Gasteiger partial charge in [0.1, 0.15) is 6.10 Å². The molecule has 1 aliphatic heterocycles. The van der Waals surface area contributed by atoms with E-state index in [1.165, 1.54) is 0 Å². The van der Waals surface area contributed by atoms with Crippen molar-refractivity contribution < 1.29 is 14.3 Å². The van der Waals surface area contributed by atoms with Crippen LogP contribution in [-0.4, -0.2) is 31.6 Å². The Morgan fingerprint density at radius 3 is 2.75 bits per heavy atom. The van der Waals surface area contributed by atoms with Crippen LogP contribution < -0.4 is 0 Å². The zero-order valence-corrected chi connectivity index (χ0v) is 7.32. The van der Waals surface area contributed by atoms with Crippen molar-refractivity contribution in [1.82, 2.24) is 0 Å². The number of nitrogens with zero attached hydrogens (tertiary/aromatic N) is 1. The Bertz CT molecular complexity index is 191. The fourth-order valence-corrected chi connectivity index (χ4v) is 1.24. The average molecular weight is 171 g/mol. The van der Waals surface area contributed by atoms with E-state index in [-0.39, 0.29) is 18.1 Å². The van der Waals surface area contributed by atoms with Gasteiger partial charge >= 0.3 is 6.16 Å². The monoisotopic (exact) mass is 171 g/mol. The number of rotatable bonds is 3. The highest BCUT2D eigenvalue weighted by atomic mass is 16.8. The van der Waals surface area contributed by atoms with Gasteiger partial charge < -0.3 is 9.47 Å². The van der Waals surface area contributed by atoms with Crippen LogP contribution in [0.2, 0.25) is 0 Å². The summed E-state index contributed by atoms with van der Waals surface area (Å²) in [6.45, 7) is 7.71. The lowest BCUT2D eigenvalue weighted by molar-refractivity contribution is 0.103. The van der Waals surface area contributed by atoms with Crippen LogP contribution in [0.5, 0.6) is 0 Å². The van der Waals surface area contributed by atoms with Crippen LogP contribution in [-0.2, 0) is 9.47 Å². The molecule has 12 heavy (non-hydrogen) atoms. The molecule has 1 fully saturated rings. The first-order valence-electron chi connectivity index (χ1n) is 3.95. The minimum absolute atomic E-state index is 0.178. The highest BCUT2D eigenvalue weighted by molar-refractivity contribution is 5.62. The molecular formula is C8H13NO3. The summed E-state index contributed by atoms with van der Waals surface area (Å²) in [6.07, 6.45) is -1.03. The number of carbonyl (C=O) groups excluding carboxylic acids is 1. The van der Waals surface area contributed by atoms with E-state index >= 15 is 0 Å². The third-order valence-electron chi connectivity index (χ3n) is 1.81. The van der Waals surface area contributed by atoms with Crippen molar-refractivity contribution in [3.8, 4) is 0 Å². The van der Waals surface area contributed by atoms with Gasteiger partial charge in [0.25, 0.3) is 0 Å². The molecule has 2 unspecified atom stereocenters. The van der Waals surface area contributed by atoms with E-state index in [4.69, 9.17) is 9.47 Å². The second kappa shape index (κ2) is 3.56. The number of carbonyl (C=O) groups is 1. The van der Waals surface area contributed by atoms with Crippen molar-refractivity contribution in [2.45, 2.75) is 26.1 Å². The van der Waals surface area contributed by atoms with Crippen LogP contribution in [0.4, 0.5) is 4.79 Å². The van der Waals surface area contributed by atoms with Crippen molar-refractivity contribution in [1.29, 1.82) is 0 Å². The maximum absolute atomic E-state index is 10.7. The van der Waals surface area contributed by atoms with Gasteiger partial charge in [-0.3, -0.25) is 4.99 Å². The molecule has 2 atom stereocenters. The summed E-state index contributed by atoms with van der Waals surface area (Å²) in [5, 5.41) is 0. The molecular weight excluding hydrogens is 158 g/mol. The first kappa shape index (κ1) is 9.03. The Hall–Kier alpha value is -1.06. The Kier molecular flexibility index (Phi) is 2.68. The summed E-state index contributed by atoms with van der Waals surface area (Å²) < 4.78 is 9.82. The van der Waals surface area contributed by atoms with Gasteiger partial charge in [0.05, 0.1) is 6.54 Å². The minimum atomic E-state index is -0.595. The Morgan fingerprint density at radius 1 is 1.58 bits per heavy atom. The zero-order valence-electron chi connectivity index (χ0n) is 7.32. The van der Waals surface area contributed by atoms with Crippen LogP contribution in [0.3, 0.4) is 0 Å². The molecule has 1 heterocycles. The van der Waals surface area contributed by atoms with Gasteiger partial charge in [-0.25, -0.2) is 4.79 Å². The molecule has 1 aliphatic rings. The molecule has 0 aliphatic carbocycles. The van der Waals surface area contributed by atoms with E-state index in [1.54, 1.807) is 0 Å². The first-order chi connectivity index (χ1) is 5.65. The number of hydrogen-bond donors (Lipinski definition) is 0. The van der Waals surface area contributed by atoms with Crippen molar-refractivity contribution >= 4 is 12.9 Å². The molecule has 0 N–H and O–H groups in total. The summed E-state index contributed by atoms with van der Waals surface area (Å²) in [6, 6.07) is 0. The average Bonchev–Trinajstić information content (AvgIpc) is 2.32. The van der Waals surface area contributed by atoms with Gasteiger partial charge in [0.15, 0.2) is 6.10 Å². The van der Waals surface area contributed by atoms with Crippen molar-refractivity contribution in [3.05, 3.63) is 0 Å². The topological polar surface area (TPSA) is 47.9 Å². The number of ether oxygens (including phenoxy) is 2. The normalized spacial score (nSPS) is 28.4. The van der Waals surface area contributed by atoms with Crippen molar-refractivity contribution in [2.24, 2.45) is 10.9 Å². The van der Waals surface area contributed by atoms with Gasteiger partial charge in [-0.1, -0.05) is 13.8 Å². The molecule has 4 nitrogen and oxygen atoms in total. The van der Waals surface area contributed by atoms with Crippen LogP contribution in [0.15, 0.2) is 4.99 Å². The highest BCUT2D eigenvalue weighted by Crippen LogP contribution is 2.21. The lowest BCUT2D eigenvalue weighted by Crippen LogP contribution is -2.30. The minimum Gasteiger partial charge on any atom is -0.427 e. The summed E-state index contributed by atoms with van der Waals surface area (Å²) >= 11 is 0. The second-order valence-corrected chi connectivity index (χ2v) is 3.14. The maximum atomic E-state index is 10.7. The highest BCUT2D eigenvalue weighted by Gasteiger charge is 2.38. The molecule has 0 aromatic heterocycles. The molecule has 0 bridgehead atoms. The van der Waals surface area contributed by atoms with Gasteiger partial charge in [-0.05, 0) is 12.6 Å². The number of aliphatic imine (C=N–C) groups is 1. The molecule has 0 aromatic carbocycles. The summed E-state index contributed by atoms with van der Waals surface area (Å²) in [5.74, 6) is 0.253. The summed E-state index contributed by atoms with van der Waals surface area (Å²) in [4.78, 5) is 14.4. The summed E-state index contributed by atoms with van der Waals surface area (Å²) in [5.41, 5.74) is 0. The smallest absolute Gasteiger partial charge is 0.427 e. The third-order valence-corrected chi connectivity index (χ3v) is 1.81. The first-order valence-corrected chi connectivity index (χ1v) is 3.95. The van der Waals surface area contributed by atoms with Gasteiger partial charge in [0, 0.05) is 0 Å². The van der Waals surface area contributed by atoms with E-state index in [0.717, 1.165) is 0 Å². The Morgan fingerprint density at radius 2 is 2.25 bits per heavy atom. The van der Waals surface area contributed by atoms with Crippen molar-refractivity contribution in [3.63, 3.8) is 0 Å². The van der Waals surface area contributed by atoms with Gasteiger partial charge in [0.2, 0.25) is 0 Å². The van der Waals surface area contributed by atoms with Crippen LogP contribution in [0, 0.1) is 5.92 Å². The van der Waals surface area contributed by atoms with Crippen molar-refractivity contribution in [2.75, 3.05) is 6.54 Å². The maximum Gasteiger partial charge on any atom is 0.509 e. The molecule has 0 radical (unpaired) electrons. The van der Waals surface area contributed by atoms with E-state index in [0.29, 0.717) is 6.54 Å². The summed E-state index contributed by atoms with van der Waals surface area (Å²) in [7, 11) is 0. The molecule has 0 aromatic rings. The number of cyclic esters (lactones) is 2. The number of hydrogen-bond acceptors (Lipinski definition) is 4. The van der Waals surface area contributed by atoms with E-state index in [9.17, 15) is 4.79 Å².